The first kappa shape index (κ1) is 15.2. The average molecular weight is 335 g/mol. The molecule has 0 aliphatic rings. The third-order valence-electron chi connectivity index (χ3n) is 3.82. The minimum absolute atomic E-state index is 0.176. The van der Waals surface area contributed by atoms with Gasteiger partial charge in [-0.2, -0.15) is 0 Å². The lowest BCUT2D eigenvalue weighted by atomic mass is 9.88. The summed E-state index contributed by atoms with van der Waals surface area (Å²) in [6, 6.07) is 11.3. The Morgan fingerprint density at radius 3 is 2.05 bits per heavy atom. The molecule has 1 unspecified atom stereocenters. The molecule has 0 saturated carbocycles. The fourth-order valence-electron chi connectivity index (χ4n) is 2.77. The summed E-state index contributed by atoms with van der Waals surface area (Å²) < 4.78 is 13.0. The lowest BCUT2D eigenvalue weighted by Crippen LogP contribution is -2.07. The highest BCUT2D eigenvalue weighted by molar-refractivity contribution is 9.09. The van der Waals surface area contributed by atoms with Gasteiger partial charge in [0.25, 0.3) is 0 Å². The molecule has 0 aliphatic heterocycles. The van der Waals surface area contributed by atoms with E-state index in [0.29, 0.717) is 5.92 Å². The van der Waals surface area contributed by atoms with Crippen LogP contribution in [-0.4, -0.2) is 5.33 Å². The largest absolute Gasteiger partial charge is 0.207 e. The Morgan fingerprint density at radius 1 is 1.00 bits per heavy atom. The molecule has 0 bridgehead atoms. The van der Waals surface area contributed by atoms with Crippen LogP contribution in [0.15, 0.2) is 36.4 Å². The monoisotopic (exact) mass is 334 g/mol. The van der Waals surface area contributed by atoms with Crippen LogP contribution in [0.25, 0.3) is 0 Å². The molecule has 2 aromatic rings. The van der Waals surface area contributed by atoms with Crippen LogP contribution in [0.1, 0.15) is 33.7 Å². The molecule has 0 nitrogen and oxygen atoms in total. The number of benzene rings is 2. The lowest BCUT2D eigenvalue weighted by Gasteiger charge is -2.18. The normalized spacial score (nSPS) is 12.4. The first-order valence-electron chi connectivity index (χ1n) is 6.89. The number of hydrogen-bond donors (Lipinski definition) is 0. The zero-order chi connectivity index (χ0) is 14.7. The topological polar surface area (TPSA) is 0 Å². The molecule has 0 radical (unpaired) electrons. The zero-order valence-corrected chi connectivity index (χ0v) is 13.8. The van der Waals surface area contributed by atoms with Crippen LogP contribution in [0.5, 0.6) is 0 Å². The van der Waals surface area contributed by atoms with Gasteiger partial charge >= 0.3 is 0 Å². The van der Waals surface area contributed by atoms with Gasteiger partial charge in [-0.15, -0.1) is 0 Å². The van der Waals surface area contributed by atoms with Crippen molar-refractivity contribution in [3.8, 4) is 0 Å². The van der Waals surface area contributed by atoms with E-state index in [9.17, 15) is 4.39 Å². The highest BCUT2D eigenvalue weighted by Gasteiger charge is 2.14. The maximum absolute atomic E-state index is 13.0. The van der Waals surface area contributed by atoms with Gasteiger partial charge in [0.15, 0.2) is 0 Å². The molecule has 0 saturated heterocycles. The molecule has 0 aliphatic carbocycles. The number of alkyl halides is 1. The van der Waals surface area contributed by atoms with Crippen LogP contribution in [0, 0.1) is 26.6 Å². The summed E-state index contributed by atoms with van der Waals surface area (Å²) in [5.41, 5.74) is 6.58. The van der Waals surface area contributed by atoms with Crippen LogP contribution in [0.2, 0.25) is 0 Å². The summed E-state index contributed by atoms with van der Waals surface area (Å²) in [6.07, 6.45) is 0.981. The number of halogens is 2. The third kappa shape index (κ3) is 3.49. The van der Waals surface area contributed by atoms with Crippen molar-refractivity contribution < 1.29 is 4.39 Å². The molecule has 2 heteroatoms. The number of aryl methyl sites for hydroxylation is 3. The standard InChI is InChI=1S/C18H20BrF/c1-12-8-13(2)18(14(3)9-12)10-16(11-19)15-4-6-17(20)7-5-15/h4-9,16H,10-11H2,1-3H3. The number of rotatable bonds is 4. The predicted molar refractivity (Wildman–Crippen MR) is 87.3 cm³/mol. The third-order valence-corrected chi connectivity index (χ3v) is 4.60. The van der Waals surface area contributed by atoms with E-state index in [2.05, 4.69) is 48.8 Å². The van der Waals surface area contributed by atoms with E-state index in [-0.39, 0.29) is 5.82 Å². The van der Waals surface area contributed by atoms with Gasteiger partial charge in [0, 0.05) is 5.33 Å². The van der Waals surface area contributed by atoms with Gasteiger partial charge in [0.1, 0.15) is 5.82 Å². The maximum atomic E-state index is 13.0. The fraction of sp³-hybridized carbons (Fsp3) is 0.333. The zero-order valence-electron chi connectivity index (χ0n) is 12.2. The van der Waals surface area contributed by atoms with Crippen LogP contribution in [0.3, 0.4) is 0 Å². The summed E-state index contributed by atoms with van der Waals surface area (Å²) in [4.78, 5) is 0. The first-order valence-corrected chi connectivity index (χ1v) is 8.01. The van der Waals surface area contributed by atoms with Crippen molar-refractivity contribution in [2.45, 2.75) is 33.1 Å². The second-order valence-electron chi connectivity index (χ2n) is 5.48. The second-order valence-corrected chi connectivity index (χ2v) is 6.13. The van der Waals surface area contributed by atoms with Crippen LogP contribution in [-0.2, 0) is 6.42 Å². The van der Waals surface area contributed by atoms with Crippen molar-refractivity contribution in [2.75, 3.05) is 5.33 Å². The molecule has 0 spiro atoms. The summed E-state index contributed by atoms with van der Waals surface area (Å²) >= 11 is 3.60. The molecule has 0 aromatic heterocycles. The minimum atomic E-state index is -0.176. The van der Waals surface area contributed by atoms with Gasteiger partial charge in [-0.3, -0.25) is 0 Å². The molecule has 2 aromatic carbocycles. The summed E-state index contributed by atoms with van der Waals surface area (Å²) in [5, 5.41) is 0.880. The van der Waals surface area contributed by atoms with Crippen LogP contribution in [0.4, 0.5) is 4.39 Å². The van der Waals surface area contributed by atoms with Crippen LogP contribution >= 0.6 is 15.9 Å². The fourth-order valence-corrected chi connectivity index (χ4v) is 3.38. The molecule has 2 rings (SSSR count). The Bertz CT molecular complexity index is 564. The van der Waals surface area contributed by atoms with Gasteiger partial charge in [-0.25, -0.2) is 4.39 Å². The molecule has 106 valence electrons. The van der Waals surface area contributed by atoms with Gasteiger partial charge < -0.3 is 0 Å². The Hall–Kier alpha value is -1.15. The Kier molecular flexibility index (Phi) is 4.98. The Labute approximate surface area is 129 Å². The SMILES string of the molecule is Cc1cc(C)c(CC(CBr)c2ccc(F)cc2)c(C)c1. The van der Waals surface area contributed by atoms with E-state index >= 15 is 0 Å². The lowest BCUT2D eigenvalue weighted by molar-refractivity contribution is 0.625. The predicted octanol–water partition coefficient (Wildman–Crippen LogP) is 5.47. The van der Waals surface area contributed by atoms with E-state index in [1.54, 1.807) is 12.1 Å². The molecular formula is C18H20BrF. The van der Waals surface area contributed by atoms with Crippen molar-refractivity contribution in [3.63, 3.8) is 0 Å². The van der Waals surface area contributed by atoms with Gasteiger partial charge in [-0.05, 0) is 67.5 Å². The number of hydrogen-bond acceptors (Lipinski definition) is 0. The molecule has 0 fully saturated rings. The summed E-state index contributed by atoms with van der Waals surface area (Å²) in [5.74, 6) is 0.195. The maximum Gasteiger partial charge on any atom is 0.123 e. The van der Waals surface area contributed by atoms with E-state index in [1.165, 1.54) is 27.8 Å². The van der Waals surface area contributed by atoms with Gasteiger partial charge in [-0.1, -0.05) is 45.8 Å². The van der Waals surface area contributed by atoms with E-state index in [0.717, 1.165) is 11.8 Å². The van der Waals surface area contributed by atoms with Crippen LogP contribution < -0.4 is 0 Å². The van der Waals surface area contributed by atoms with E-state index < -0.39 is 0 Å². The molecule has 0 heterocycles. The van der Waals surface area contributed by atoms with E-state index in [1.807, 2.05) is 12.1 Å². The van der Waals surface area contributed by atoms with Gasteiger partial charge in [0.05, 0.1) is 0 Å². The molecule has 0 N–H and O–H groups in total. The first-order chi connectivity index (χ1) is 9.51. The Balaban J connectivity index is 2.29. The quantitative estimate of drug-likeness (QED) is 0.650. The molecule has 0 amide bonds. The highest BCUT2D eigenvalue weighted by Crippen LogP contribution is 2.27. The van der Waals surface area contributed by atoms with E-state index in [4.69, 9.17) is 0 Å². The summed E-state index contributed by atoms with van der Waals surface area (Å²) in [6.45, 7) is 6.47. The van der Waals surface area contributed by atoms with Crippen molar-refractivity contribution in [1.29, 1.82) is 0 Å². The second kappa shape index (κ2) is 6.53. The smallest absolute Gasteiger partial charge is 0.123 e. The molecular weight excluding hydrogens is 315 g/mol. The van der Waals surface area contributed by atoms with Gasteiger partial charge in [0.2, 0.25) is 0 Å². The molecule has 1 atom stereocenters. The van der Waals surface area contributed by atoms with Crippen molar-refractivity contribution >= 4 is 15.9 Å². The van der Waals surface area contributed by atoms with Crippen molar-refractivity contribution in [3.05, 3.63) is 70.0 Å². The Morgan fingerprint density at radius 2 is 1.55 bits per heavy atom. The highest BCUT2D eigenvalue weighted by atomic mass is 79.9. The van der Waals surface area contributed by atoms with Crippen molar-refractivity contribution in [1.82, 2.24) is 0 Å². The summed E-state index contributed by atoms with van der Waals surface area (Å²) in [7, 11) is 0. The van der Waals surface area contributed by atoms with Crippen molar-refractivity contribution in [2.24, 2.45) is 0 Å². The molecule has 20 heavy (non-hydrogen) atoms. The average Bonchev–Trinajstić information content (AvgIpc) is 2.39. The minimum Gasteiger partial charge on any atom is -0.207 e.